The lowest BCUT2D eigenvalue weighted by Gasteiger charge is -2.28. The number of hydrogen-bond acceptors (Lipinski definition) is 15. The Morgan fingerprint density at radius 2 is 0.727 bits per heavy atom. The fourth-order valence-electron chi connectivity index (χ4n) is 14.5. The van der Waals surface area contributed by atoms with Crippen LogP contribution in [0.3, 0.4) is 0 Å². The molecule has 0 aliphatic heterocycles. The maximum atomic E-state index is 15.0. The molecule has 3 aliphatic rings. The van der Waals surface area contributed by atoms with Gasteiger partial charge in [-0.3, -0.25) is 28.8 Å². The number of hydrogen-bond donors (Lipinski definition) is 0. The van der Waals surface area contributed by atoms with Crippen molar-refractivity contribution in [1.29, 1.82) is 0 Å². The summed E-state index contributed by atoms with van der Waals surface area (Å²) in [5, 5.41) is -1.31. The van der Waals surface area contributed by atoms with Gasteiger partial charge in [0.15, 0.2) is 15.5 Å². The summed E-state index contributed by atoms with van der Waals surface area (Å²) in [5.74, 6) is -10.4. The van der Waals surface area contributed by atoms with Gasteiger partial charge in [-0.15, -0.1) is 0 Å². The minimum atomic E-state index is -5.38. The Morgan fingerprint density at radius 3 is 1.12 bits per heavy atom. The Kier molecular flexibility index (Phi) is 22.7. The van der Waals surface area contributed by atoms with Crippen molar-refractivity contribution in [2.75, 3.05) is 78.2 Å². The standard InChI is InChI=1S/2C37H40F4N4O2S.C36H38F4N4O2S/c1-4-43(5-2)18-19-44(22-26-6-10-28(11-7-26)29-12-14-30(15-13-29)37(39,40)41)34(46)23-45-33-21-25(3)20-32(33)35(47)42-36(45)48-24-27-8-16-31(38)17-9-27;1-4-43(5-2)19-20-44(22-26-9-13-28(14-10-26)29-15-18-32(25(3)21-29)37(39,40)41)34(46)23-45-33-8-6-7-31(33)35(47)42-36(45)48-24-27-11-16-30(38)17-12-27;1-3-42(4-2)20-21-43(22-25-8-12-27(13-9-25)28-14-16-29(17-15-28)36(38,39)40)33(45)23-44-32-7-5-6-31(32)34(46)41-35(44)47-24-26-10-18-30(37)19-11-26/h6-17,25H,4-5,18-24H2,1-3H3;9-18,21H,4-8,19-20,22-24H2,1-3H3;8-19H,3-7,20-24H2,1-2H3/i4D2,5D2,6D,7D,10D,11D,12D,13D,14D,15D,20D2,21D2,23D2,25D;4D2,5D2,9D,10D,13D,14D,15D,18D,21D,23D2;3D2,4D2,10D,11D,18D,19D,23D2. The lowest BCUT2D eigenvalue weighted by molar-refractivity contribution is -0.138. The van der Waals surface area contributed by atoms with E-state index in [9.17, 15) is 84.9 Å². The van der Waals surface area contributed by atoms with Crippen molar-refractivity contribution < 1.29 is 125 Å². The Bertz CT molecular complexity index is 8780. The van der Waals surface area contributed by atoms with Crippen LogP contribution in [0.5, 0.6) is 0 Å². The molecular formula is C110H118F12N12O6S3. The van der Waals surface area contributed by atoms with Gasteiger partial charge in [0, 0.05) is 133 Å². The van der Waals surface area contributed by atoms with Crippen molar-refractivity contribution in [3.05, 3.63) is 350 Å². The van der Waals surface area contributed by atoms with E-state index in [0.29, 0.717) is 74.0 Å². The maximum absolute atomic E-state index is 15.0. The first-order chi connectivity index (χ1) is 84.6. The van der Waals surface area contributed by atoms with Crippen molar-refractivity contribution in [1.82, 2.24) is 58.1 Å². The van der Waals surface area contributed by atoms with Gasteiger partial charge in [0.05, 0.1) is 51.0 Å². The molecule has 756 valence electrons. The number of alkyl halides is 9. The largest absolute Gasteiger partial charge is 0.416 e. The highest BCUT2D eigenvalue weighted by Gasteiger charge is 2.36. The molecule has 9 aromatic carbocycles. The summed E-state index contributed by atoms with van der Waals surface area (Å²) in [6, 6.07) is 0.0768. The van der Waals surface area contributed by atoms with Crippen LogP contribution in [-0.4, -0.2) is 154 Å². The van der Waals surface area contributed by atoms with Gasteiger partial charge in [-0.25, -0.2) is 13.2 Å². The van der Waals surface area contributed by atoms with Crippen LogP contribution in [0.25, 0.3) is 33.4 Å². The summed E-state index contributed by atoms with van der Waals surface area (Å²) in [6.45, 7) is -22.4. The first kappa shape index (κ1) is 64.8. The number of fused-ring (bicyclic) bond motifs is 3. The maximum Gasteiger partial charge on any atom is 0.416 e. The zero-order chi connectivity index (χ0) is 140. The van der Waals surface area contributed by atoms with Crippen LogP contribution in [0.4, 0.5) is 52.7 Å². The van der Waals surface area contributed by atoms with Crippen molar-refractivity contribution in [2.45, 2.75) is 197 Å². The highest BCUT2D eigenvalue weighted by atomic mass is 32.2. The normalized spacial score (nSPS) is 19.7. The second-order valence-electron chi connectivity index (χ2n) is 31.5. The van der Waals surface area contributed by atoms with E-state index in [2.05, 4.69) is 15.0 Å². The lowest BCUT2D eigenvalue weighted by Crippen LogP contribution is -2.40. The molecule has 3 aromatic heterocycles. The van der Waals surface area contributed by atoms with E-state index in [1.165, 1.54) is 48.5 Å². The second-order valence-corrected chi connectivity index (χ2v) is 34.3. The average Bonchev–Trinajstić information content (AvgIpc) is 1.51. The van der Waals surface area contributed by atoms with Crippen molar-refractivity contribution in [3.63, 3.8) is 0 Å². The molecule has 3 amide bonds. The smallest absolute Gasteiger partial charge is 0.336 e. The van der Waals surface area contributed by atoms with E-state index in [4.69, 9.17) is 49.3 Å². The fourth-order valence-corrected chi connectivity index (χ4v) is 17.2. The van der Waals surface area contributed by atoms with E-state index >= 15 is 4.79 Å². The van der Waals surface area contributed by atoms with Crippen LogP contribution >= 0.6 is 35.3 Å². The minimum absolute atomic E-state index is 0.0567. The lowest BCUT2D eigenvalue weighted by atomic mass is 9.98. The molecule has 0 spiro atoms. The molecule has 0 fully saturated rings. The molecule has 12 aromatic rings. The van der Waals surface area contributed by atoms with Gasteiger partial charge in [0.2, 0.25) is 17.7 Å². The van der Waals surface area contributed by atoms with Crippen LogP contribution < -0.4 is 16.7 Å². The highest BCUT2D eigenvalue weighted by Crippen LogP contribution is 2.39. The number of amides is 3. The SMILES string of the molecule is [2H]c1c([2H])c(-c2c([2H])c([2H])c(C(F)(F)F)c(C)c2[2H])c([2H])c([2H])c1CN(CCN(C([2H])([2H])C)C([2H])([2H])C)C(=O)C([2H])([2H])n1c(SCc2ccc(F)cc2)nc(=O)c2c1CCC2.[2H]c1c([2H])c(-c2c([2H])c([2H])c(C(F)(F)F)c([2H])c2[2H])c([2H])c([2H])c1CN(CCN(C([2H])([2H])C)C([2H])([2H])C)C(=O)C([2H])([2H])n1c(SCc2ccc(F)cc2)nc(=O)c2c1C([2H])([2H])C([2H])(C)C2([2H])[2H].[2H]c1c([2H])c(CSc2nc(=O)c3c(n2C([2H])([2H])C(=O)N(CCN(C([2H])([2H])C)C([2H])([2H])C)Cc2ccc(-c4ccc(C(F)(F)F)cc4)cc2)CCC3)c([2H])c([2H])c1F. The predicted octanol–water partition coefficient (Wildman–Crippen LogP) is 22.2. The monoisotopic (exact) mass is 2070 g/mol. The zero-order valence-corrected chi connectivity index (χ0v) is 80.0. The Morgan fingerprint density at radius 1 is 0.385 bits per heavy atom. The quantitative estimate of drug-likeness (QED) is 0.0202. The van der Waals surface area contributed by atoms with E-state index in [1.54, 1.807) is 24.3 Å². The molecule has 1 atom stereocenters. The third-order valence-electron chi connectivity index (χ3n) is 21.9. The van der Waals surface area contributed by atoms with Crippen LogP contribution in [0.2, 0.25) is 0 Å². The molecule has 3 heterocycles. The Labute approximate surface area is 897 Å². The van der Waals surface area contributed by atoms with Crippen LogP contribution in [0.1, 0.15) is 208 Å². The molecule has 0 N–H and O–H groups in total. The zero-order valence-electron chi connectivity index (χ0n) is 120. The molecule has 0 saturated heterocycles. The van der Waals surface area contributed by atoms with Gasteiger partial charge in [-0.2, -0.15) is 54.5 Å². The van der Waals surface area contributed by atoms with Gasteiger partial charge in [0.1, 0.15) is 36.9 Å². The molecule has 0 radical (unpaired) electrons. The third-order valence-corrected chi connectivity index (χ3v) is 24.9. The molecule has 1 unspecified atom stereocenters. The molecule has 0 saturated carbocycles. The summed E-state index contributed by atoms with van der Waals surface area (Å²) >= 11 is 2.06. The van der Waals surface area contributed by atoms with Gasteiger partial charge in [0.25, 0.3) is 16.7 Å². The first-order valence-electron chi connectivity index (χ1n) is 64.8. The van der Waals surface area contributed by atoms with Gasteiger partial charge in [-0.05, 0) is 242 Å². The Hall–Kier alpha value is -11.9. The van der Waals surface area contributed by atoms with Crippen molar-refractivity contribution >= 4 is 53.0 Å². The Balaban J connectivity index is 0.000000225. The van der Waals surface area contributed by atoms with Gasteiger partial charge >= 0.3 is 18.5 Å². The number of nitrogens with zero attached hydrogens (tertiary/aromatic N) is 12. The molecule has 0 bridgehead atoms. The van der Waals surface area contributed by atoms with Gasteiger partial charge < -0.3 is 43.1 Å². The summed E-state index contributed by atoms with van der Waals surface area (Å²) in [6.07, 6.45) is -19.9. The minimum Gasteiger partial charge on any atom is -0.336 e. The van der Waals surface area contributed by atoms with E-state index in [-0.39, 0.29) is 86.7 Å². The summed E-state index contributed by atoms with van der Waals surface area (Å²) < 4.78 is 526. The molecule has 3 aliphatic carbocycles. The molecule has 15 rings (SSSR count). The van der Waals surface area contributed by atoms with Crippen molar-refractivity contribution in [3.8, 4) is 33.4 Å². The number of rotatable bonds is 39. The molecule has 33 heteroatoms. The average molecular weight is 2070 g/mol. The van der Waals surface area contributed by atoms with E-state index in [1.807, 2.05) is 0 Å². The van der Waals surface area contributed by atoms with Crippen LogP contribution in [0, 0.1) is 30.3 Å². The number of benzene rings is 9. The topological polar surface area (TPSA) is 175 Å². The number of aromatic nitrogens is 6. The molecule has 143 heavy (non-hydrogen) atoms. The number of likely N-dealkylation sites (N-methyl/N-ethyl adjacent to an activating group) is 3. The van der Waals surface area contributed by atoms with Crippen molar-refractivity contribution in [2.24, 2.45) is 5.89 Å². The first-order valence-corrected chi connectivity index (χ1v) is 46.7. The highest BCUT2D eigenvalue weighted by molar-refractivity contribution is 7.98. The summed E-state index contributed by atoms with van der Waals surface area (Å²) in [4.78, 5) is 101. The molecular weight excluding hydrogens is 1910 g/mol. The van der Waals surface area contributed by atoms with Gasteiger partial charge in [-0.1, -0.05) is 229 Å². The predicted molar refractivity (Wildman–Crippen MR) is 539 cm³/mol. The fraction of sp³-hybridized carbons (Fsp3) is 0.373. The molecule has 18 nitrogen and oxygen atoms in total. The number of thioether (sulfide) groups is 3. The summed E-state index contributed by atoms with van der Waals surface area (Å²) in [5.41, 5.74) is -12.3. The van der Waals surface area contributed by atoms with Crippen LogP contribution in [0.15, 0.2) is 242 Å². The number of carbonyl (C=O) groups is 3. The van der Waals surface area contributed by atoms with Crippen LogP contribution in [-0.2, 0) is 128 Å². The summed E-state index contributed by atoms with van der Waals surface area (Å²) in [7, 11) is 0. The third kappa shape index (κ3) is 29.5. The van der Waals surface area contributed by atoms with E-state index < -0.39 is 392 Å². The number of carbonyl (C=O) groups excluding carboxylic acids is 3. The van der Waals surface area contributed by atoms with E-state index in [0.717, 1.165) is 120 Å². The second kappa shape index (κ2) is 50.1. The number of halogens is 12.